The van der Waals surface area contributed by atoms with Gasteiger partial charge >= 0.3 is 0 Å². The fraction of sp³-hybridized carbons (Fsp3) is 0.391. The van der Waals surface area contributed by atoms with Crippen molar-refractivity contribution in [1.82, 2.24) is 4.90 Å². The summed E-state index contributed by atoms with van der Waals surface area (Å²) in [6, 6.07) is 12.7. The molecule has 2 amide bonds. The van der Waals surface area contributed by atoms with Crippen LogP contribution in [0.1, 0.15) is 49.4 Å². The monoisotopic (exact) mass is 425 g/mol. The Hall–Kier alpha value is -3.42. The minimum atomic E-state index is -0.860. The van der Waals surface area contributed by atoms with Gasteiger partial charge in [0.15, 0.2) is 6.10 Å². The standard InChI is InChI=1S/C23H27N3O5/c1-16(31-19-14-12-18(13-15-19)26(29)30)22(27)24-21-11-7-6-10-20(21)23(28)25(2)17-8-4-3-5-9-17/h6-7,10-17H,3-5,8-9H2,1-2H3,(H,24,27). The second-order valence-corrected chi connectivity index (χ2v) is 7.75. The van der Waals surface area contributed by atoms with Gasteiger partial charge in [-0.1, -0.05) is 31.4 Å². The van der Waals surface area contributed by atoms with E-state index in [-0.39, 0.29) is 17.6 Å². The highest BCUT2D eigenvalue weighted by Crippen LogP contribution is 2.25. The lowest BCUT2D eigenvalue weighted by atomic mass is 9.94. The molecule has 3 rings (SSSR count). The number of anilines is 1. The van der Waals surface area contributed by atoms with Crippen molar-refractivity contribution in [1.29, 1.82) is 0 Å². The second kappa shape index (κ2) is 10.1. The van der Waals surface area contributed by atoms with Crippen molar-refractivity contribution < 1.29 is 19.2 Å². The molecule has 0 saturated heterocycles. The number of nitrogens with one attached hydrogen (secondary N) is 1. The number of carbonyl (C=O) groups is 2. The SMILES string of the molecule is CC(Oc1ccc([N+](=O)[O-])cc1)C(=O)Nc1ccccc1C(=O)N(C)C1CCCCC1. The van der Waals surface area contributed by atoms with Crippen LogP contribution in [0.15, 0.2) is 48.5 Å². The zero-order valence-corrected chi connectivity index (χ0v) is 17.7. The first-order valence-electron chi connectivity index (χ1n) is 10.4. The van der Waals surface area contributed by atoms with Gasteiger partial charge in [-0.25, -0.2) is 0 Å². The molecule has 1 aliphatic rings. The maximum absolute atomic E-state index is 13.1. The van der Waals surface area contributed by atoms with Crippen LogP contribution in [-0.4, -0.2) is 40.8 Å². The van der Waals surface area contributed by atoms with Gasteiger partial charge in [0.25, 0.3) is 17.5 Å². The molecule has 2 aromatic rings. The Morgan fingerprint density at radius 3 is 2.39 bits per heavy atom. The highest BCUT2D eigenvalue weighted by Gasteiger charge is 2.25. The van der Waals surface area contributed by atoms with Crippen LogP contribution in [0.5, 0.6) is 5.75 Å². The van der Waals surface area contributed by atoms with Crippen LogP contribution in [0.3, 0.4) is 0 Å². The Labute approximate surface area is 181 Å². The van der Waals surface area contributed by atoms with Gasteiger partial charge in [0, 0.05) is 25.2 Å². The number of hydrogen-bond acceptors (Lipinski definition) is 5. The van der Waals surface area contributed by atoms with Gasteiger partial charge in [-0.05, 0) is 44.0 Å². The van der Waals surface area contributed by atoms with Gasteiger partial charge in [-0.3, -0.25) is 19.7 Å². The lowest BCUT2D eigenvalue weighted by Crippen LogP contribution is -2.39. The van der Waals surface area contributed by atoms with E-state index >= 15 is 0 Å². The number of rotatable bonds is 7. The van der Waals surface area contributed by atoms with Crippen LogP contribution in [0, 0.1) is 10.1 Å². The molecular weight excluding hydrogens is 398 g/mol. The van der Waals surface area contributed by atoms with Crippen molar-refractivity contribution in [3.8, 4) is 5.75 Å². The summed E-state index contributed by atoms with van der Waals surface area (Å²) in [4.78, 5) is 37.8. The molecule has 0 aromatic heterocycles. The summed E-state index contributed by atoms with van der Waals surface area (Å²) >= 11 is 0. The van der Waals surface area contributed by atoms with E-state index < -0.39 is 16.9 Å². The lowest BCUT2D eigenvalue weighted by Gasteiger charge is -2.31. The molecular formula is C23H27N3O5. The molecule has 1 N–H and O–H groups in total. The summed E-state index contributed by atoms with van der Waals surface area (Å²) < 4.78 is 5.60. The predicted molar refractivity (Wildman–Crippen MR) is 117 cm³/mol. The summed E-state index contributed by atoms with van der Waals surface area (Å²) in [5.41, 5.74) is 0.810. The van der Waals surface area contributed by atoms with E-state index in [4.69, 9.17) is 4.74 Å². The molecule has 1 saturated carbocycles. The first-order valence-corrected chi connectivity index (χ1v) is 10.4. The highest BCUT2D eigenvalue weighted by atomic mass is 16.6. The molecule has 0 radical (unpaired) electrons. The maximum atomic E-state index is 13.1. The predicted octanol–water partition coefficient (Wildman–Crippen LogP) is 4.41. The zero-order valence-electron chi connectivity index (χ0n) is 17.7. The third-order valence-corrected chi connectivity index (χ3v) is 5.59. The number of ether oxygens (including phenoxy) is 1. The number of nitrogens with zero attached hydrogens (tertiary/aromatic N) is 2. The minimum absolute atomic E-state index is 0.0565. The number of amides is 2. The number of nitro benzene ring substituents is 1. The number of nitro groups is 1. The Balaban J connectivity index is 1.67. The molecule has 1 aliphatic carbocycles. The van der Waals surface area contributed by atoms with Crippen molar-refractivity contribution in [3.63, 3.8) is 0 Å². The largest absolute Gasteiger partial charge is 0.481 e. The van der Waals surface area contributed by atoms with Gasteiger partial charge in [-0.2, -0.15) is 0 Å². The quantitative estimate of drug-likeness (QED) is 0.523. The van der Waals surface area contributed by atoms with Crippen LogP contribution in [-0.2, 0) is 4.79 Å². The molecule has 1 atom stereocenters. The van der Waals surface area contributed by atoms with Gasteiger partial charge in [0.1, 0.15) is 5.75 Å². The summed E-state index contributed by atoms with van der Waals surface area (Å²) in [5, 5.41) is 13.5. The molecule has 0 aliphatic heterocycles. The molecule has 1 unspecified atom stereocenters. The average Bonchev–Trinajstić information content (AvgIpc) is 2.79. The molecule has 8 nitrogen and oxygen atoms in total. The van der Waals surface area contributed by atoms with E-state index in [0.29, 0.717) is 17.0 Å². The molecule has 2 aromatic carbocycles. The van der Waals surface area contributed by atoms with Crippen molar-refractivity contribution in [2.45, 2.75) is 51.2 Å². The first kappa shape index (κ1) is 22.3. The average molecular weight is 425 g/mol. The Bertz CT molecular complexity index is 938. The van der Waals surface area contributed by atoms with E-state index in [1.54, 1.807) is 36.1 Å². The lowest BCUT2D eigenvalue weighted by molar-refractivity contribution is -0.384. The normalized spacial score (nSPS) is 15.0. The topological polar surface area (TPSA) is 102 Å². The van der Waals surface area contributed by atoms with Crippen molar-refractivity contribution in [2.75, 3.05) is 12.4 Å². The second-order valence-electron chi connectivity index (χ2n) is 7.75. The number of non-ortho nitro benzene ring substituents is 1. The molecule has 0 heterocycles. The maximum Gasteiger partial charge on any atom is 0.269 e. The number of para-hydroxylation sites is 1. The van der Waals surface area contributed by atoms with Crippen LogP contribution in [0.4, 0.5) is 11.4 Å². The van der Waals surface area contributed by atoms with E-state index in [0.717, 1.165) is 25.7 Å². The molecule has 164 valence electrons. The van der Waals surface area contributed by atoms with Gasteiger partial charge < -0.3 is 15.0 Å². The van der Waals surface area contributed by atoms with E-state index in [2.05, 4.69) is 5.32 Å². The Morgan fingerprint density at radius 2 is 1.74 bits per heavy atom. The van der Waals surface area contributed by atoms with Crippen molar-refractivity contribution >= 4 is 23.2 Å². The molecule has 1 fully saturated rings. The van der Waals surface area contributed by atoms with Crippen LogP contribution < -0.4 is 10.1 Å². The summed E-state index contributed by atoms with van der Waals surface area (Å²) in [5.74, 6) is -0.194. The first-order chi connectivity index (χ1) is 14.9. The Morgan fingerprint density at radius 1 is 1.10 bits per heavy atom. The number of benzene rings is 2. The van der Waals surface area contributed by atoms with E-state index in [9.17, 15) is 19.7 Å². The van der Waals surface area contributed by atoms with Gasteiger partial charge in [0.2, 0.25) is 0 Å². The van der Waals surface area contributed by atoms with E-state index in [1.807, 2.05) is 7.05 Å². The summed E-state index contributed by atoms with van der Waals surface area (Å²) in [6.45, 7) is 1.58. The fourth-order valence-corrected chi connectivity index (χ4v) is 3.74. The van der Waals surface area contributed by atoms with Gasteiger partial charge in [0.05, 0.1) is 16.2 Å². The summed E-state index contributed by atoms with van der Waals surface area (Å²) in [6.07, 6.45) is 4.59. The van der Waals surface area contributed by atoms with Gasteiger partial charge in [-0.15, -0.1) is 0 Å². The van der Waals surface area contributed by atoms with Crippen LogP contribution >= 0.6 is 0 Å². The molecule has 0 spiro atoms. The third-order valence-electron chi connectivity index (χ3n) is 5.59. The number of carbonyl (C=O) groups excluding carboxylic acids is 2. The van der Waals surface area contributed by atoms with E-state index in [1.165, 1.54) is 30.7 Å². The smallest absolute Gasteiger partial charge is 0.269 e. The van der Waals surface area contributed by atoms with Crippen LogP contribution in [0.25, 0.3) is 0 Å². The third kappa shape index (κ3) is 5.59. The molecule has 8 heteroatoms. The van der Waals surface area contributed by atoms with Crippen LogP contribution in [0.2, 0.25) is 0 Å². The molecule has 0 bridgehead atoms. The minimum Gasteiger partial charge on any atom is -0.481 e. The fourth-order valence-electron chi connectivity index (χ4n) is 3.74. The van der Waals surface area contributed by atoms with Crippen molar-refractivity contribution in [2.24, 2.45) is 0 Å². The summed E-state index contributed by atoms with van der Waals surface area (Å²) in [7, 11) is 1.82. The molecule has 31 heavy (non-hydrogen) atoms. The zero-order chi connectivity index (χ0) is 22.4. The number of hydrogen-bond donors (Lipinski definition) is 1. The Kier molecular flexibility index (Phi) is 7.23. The van der Waals surface area contributed by atoms with Crippen molar-refractivity contribution in [3.05, 3.63) is 64.2 Å². The highest BCUT2D eigenvalue weighted by molar-refractivity contribution is 6.04.